The molecule has 1 aliphatic rings. The fraction of sp³-hybridized carbons (Fsp3) is 0.462. The van der Waals surface area contributed by atoms with Crippen LogP contribution in [-0.4, -0.2) is 49.3 Å². The number of benzene rings is 1. The average molecular weight is 251 g/mol. The summed E-state index contributed by atoms with van der Waals surface area (Å²) in [5, 5.41) is 8.90. The molecule has 2 rings (SSSR count). The topological polar surface area (TPSA) is 59.0 Å². The third-order valence-corrected chi connectivity index (χ3v) is 2.79. The van der Waals surface area contributed by atoms with E-state index in [0.717, 1.165) is 17.9 Å². The Bertz CT molecular complexity index is 445. The maximum absolute atomic E-state index is 10.8. The molecule has 0 radical (unpaired) electrons. The molecule has 0 fully saturated rings. The summed E-state index contributed by atoms with van der Waals surface area (Å²) in [4.78, 5) is 12.9. The van der Waals surface area contributed by atoms with Crippen LogP contribution in [0.1, 0.15) is 5.56 Å². The molecule has 0 saturated carbocycles. The zero-order chi connectivity index (χ0) is 13.1. The second-order valence-electron chi connectivity index (χ2n) is 4.57. The van der Waals surface area contributed by atoms with E-state index in [-0.39, 0.29) is 0 Å². The largest absolute Gasteiger partial charge is 0.492 e. The molecule has 5 nitrogen and oxygen atoms in total. The maximum atomic E-state index is 10.8. The molecular formula is C13H17NO4. The molecule has 98 valence electrons. The summed E-state index contributed by atoms with van der Waals surface area (Å²) in [6, 6.07) is 5.43. The number of carboxylic acid groups (broad SMARTS) is 1. The van der Waals surface area contributed by atoms with E-state index < -0.39 is 12.1 Å². The Morgan fingerprint density at radius 2 is 2.33 bits per heavy atom. The van der Waals surface area contributed by atoms with E-state index in [1.807, 2.05) is 25.1 Å². The monoisotopic (exact) mass is 251 g/mol. The summed E-state index contributed by atoms with van der Waals surface area (Å²) in [6.45, 7) is 1.44. The number of fused-ring (bicyclic) bond motifs is 1. The number of carboxylic acids is 1. The first kappa shape index (κ1) is 12.7. The minimum absolute atomic E-state index is 0.398. The average Bonchev–Trinajstić information content (AvgIpc) is 2.71. The van der Waals surface area contributed by atoms with Crippen molar-refractivity contribution in [2.75, 3.05) is 27.2 Å². The van der Waals surface area contributed by atoms with Gasteiger partial charge in [0.2, 0.25) is 0 Å². The second kappa shape index (κ2) is 5.27. The zero-order valence-electron chi connectivity index (χ0n) is 10.5. The van der Waals surface area contributed by atoms with Gasteiger partial charge >= 0.3 is 5.97 Å². The van der Waals surface area contributed by atoms with Gasteiger partial charge in [-0.1, -0.05) is 0 Å². The molecule has 1 heterocycles. The molecule has 1 unspecified atom stereocenters. The van der Waals surface area contributed by atoms with Gasteiger partial charge < -0.3 is 19.5 Å². The molecule has 0 saturated heterocycles. The van der Waals surface area contributed by atoms with E-state index in [2.05, 4.69) is 0 Å². The van der Waals surface area contributed by atoms with Gasteiger partial charge in [0.15, 0.2) is 6.10 Å². The quantitative estimate of drug-likeness (QED) is 0.846. The van der Waals surface area contributed by atoms with E-state index in [1.165, 1.54) is 0 Å². The smallest absolute Gasteiger partial charge is 0.345 e. The highest BCUT2D eigenvalue weighted by atomic mass is 16.5. The zero-order valence-corrected chi connectivity index (χ0v) is 10.5. The molecule has 0 aromatic heterocycles. The minimum Gasteiger partial charge on any atom is -0.492 e. The number of aliphatic carboxylic acids is 1. The van der Waals surface area contributed by atoms with Gasteiger partial charge in [0.05, 0.1) is 0 Å². The van der Waals surface area contributed by atoms with E-state index in [4.69, 9.17) is 14.6 Å². The van der Waals surface area contributed by atoms with Crippen molar-refractivity contribution in [3.8, 4) is 11.5 Å². The van der Waals surface area contributed by atoms with E-state index in [1.54, 1.807) is 12.1 Å². The third kappa shape index (κ3) is 2.92. The van der Waals surface area contributed by atoms with Gasteiger partial charge in [-0.15, -0.1) is 0 Å². The Morgan fingerprint density at radius 3 is 3.00 bits per heavy atom. The van der Waals surface area contributed by atoms with Crippen LogP contribution in [0.25, 0.3) is 0 Å². The lowest BCUT2D eigenvalue weighted by atomic mass is 10.1. The van der Waals surface area contributed by atoms with Crippen molar-refractivity contribution in [2.24, 2.45) is 0 Å². The van der Waals surface area contributed by atoms with Crippen molar-refractivity contribution in [3.63, 3.8) is 0 Å². The van der Waals surface area contributed by atoms with Crippen LogP contribution in [0.5, 0.6) is 11.5 Å². The van der Waals surface area contributed by atoms with Crippen molar-refractivity contribution in [3.05, 3.63) is 23.8 Å². The number of likely N-dealkylation sites (N-methyl/N-ethyl adjacent to an activating group) is 1. The predicted molar refractivity (Wildman–Crippen MR) is 66.2 cm³/mol. The van der Waals surface area contributed by atoms with Crippen LogP contribution in [0.15, 0.2) is 18.2 Å². The molecule has 0 aliphatic carbocycles. The fourth-order valence-electron chi connectivity index (χ4n) is 1.80. The number of hydrogen-bond donors (Lipinski definition) is 1. The summed E-state index contributed by atoms with van der Waals surface area (Å²) < 4.78 is 10.9. The Hall–Kier alpha value is -1.75. The number of ether oxygens (including phenoxy) is 2. The maximum Gasteiger partial charge on any atom is 0.345 e. The van der Waals surface area contributed by atoms with Crippen LogP contribution in [0.4, 0.5) is 0 Å². The van der Waals surface area contributed by atoms with Gasteiger partial charge in [-0.25, -0.2) is 4.79 Å². The summed E-state index contributed by atoms with van der Waals surface area (Å²) in [5.74, 6) is 0.467. The highest BCUT2D eigenvalue weighted by molar-refractivity contribution is 5.74. The van der Waals surface area contributed by atoms with Crippen LogP contribution in [0.3, 0.4) is 0 Å². The van der Waals surface area contributed by atoms with E-state index in [9.17, 15) is 4.79 Å². The Labute approximate surface area is 106 Å². The minimum atomic E-state index is -0.929. The van der Waals surface area contributed by atoms with E-state index >= 15 is 0 Å². The SMILES string of the molecule is CN(C)CCOc1ccc2c(c1)CC(C(=O)O)O2. The lowest BCUT2D eigenvalue weighted by Crippen LogP contribution is -2.24. The Morgan fingerprint density at radius 1 is 1.56 bits per heavy atom. The van der Waals surface area contributed by atoms with Crippen molar-refractivity contribution in [1.29, 1.82) is 0 Å². The molecule has 1 aromatic carbocycles. The van der Waals surface area contributed by atoms with Crippen molar-refractivity contribution >= 4 is 5.97 Å². The molecule has 1 atom stereocenters. The summed E-state index contributed by atoms with van der Waals surface area (Å²) in [7, 11) is 3.97. The molecule has 0 amide bonds. The standard InChI is InChI=1S/C13H17NO4/c1-14(2)5-6-17-10-3-4-11-9(7-10)8-12(18-11)13(15)16/h3-4,7,12H,5-6,8H2,1-2H3,(H,15,16). The van der Waals surface area contributed by atoms with Gasteiger partial charge in [-0.05, 0) is 32.3 Å². The molecule has 1 N–H and O–H groups in total. The van der Waals surface area contributed by atoms with Gasteiger partial charge in [-0.2, -0.15) is 0 Å². The number of rotatable bonds is 5. The van der Waals surface area contributed by atoms with Crippen LogP contribution in [-0.2, 0) is 11.2 Å². The summed E-state index contributed by atoms with van der Waals surface area (Å²) in [5.41, 5.74) is 0.893. The molecule has 5 heteroatoms. The van der Waals surface area contributed by atoms with Crippen LogP contribution < -0.4 is 9.47 Å². The highest BCUT2D eigenvalue weighted by Crippen LogP contribution is 2.32. The Balaban J connectivity index is 1.97. The first-order valence-corrected chi connectivity index (χ1v) is 5.86. The third-order valence-electron chi connectivity index (χ3n) is 2.79. The molecule has 0 spiro atoms. The molecule has 0 bridgehead atoms. The van der Waals surface area contributed by atoms with Gasteiger partial charge in [0.1, 0.15) is 18.1 Å². The first-order valence-electron chi connectivity index (χ1n) is 5.86. The number of nitrogens with zero attached hydrogens (tertiary/aromatic N) is 1. The molecular weight excluding hydrogens is 234 g/mol. The van der Waals surface area contributed by atoms with Crippen LogP contribution in [0, 0.1) is 0 Å². The van der Waals surface area contributed by atoms with Crippen molar-refractivity contribution in [2.45, 2.75) is 12.5 Å². The Kier molecular flexibility index (Phi) is 3.72. The van der Waals surface area contributed by atoms with Crippen molar-refractivity contribution in [1.82, 2.24) is 4.90 Å². The lowest BCUT2D eigenvalue weighted by Gasteiger charge is -2.11. The lowest BCUT2D eigenvalue weighted by molar-refractivity contribution is -0.144. The fourth-order valence-corrected chi connectivity index (χ4v) is 1.80. The van der Waals surface area contributed by atoms with Crippen LogP contribution in [0.2, 0.25) is 0 Å². The second-order valence-corrected chi connectivity index (χ2v) is 4.57. The molecule has 1 aliphatic heterocycles. The van der Waals surface area contributed by atoms with Crippen LogP contribution >= 0.6 is 0 Å². The normalized spacial score (nSPS) is 17.4. The summed E-state index contributed by atoms with van der Waals surface area (Å²) in [6.07, 6.45) is -0.368. The van der Waals surface area contributed by atoms with Gasteiger partial charge in [0.25, 0.3) is 0 Å². The molecule has 18 heavy (non-hydrogen) atoms. The van der Waals surface area contributed by atoms with Crippen molar-refractivity contribution < 1.29 is 19.4 Å². The van der Waals surface area contributed by atoms with Gasteiger partial charge in [-0.3, -0.25) is 0 Å². The summed E-state index contributed by atoms with van der Waals surface area (Å²) >= 11 is 0. The highest BCUT2D eigenvalue weighted by Gasteiger charge is 2.28. The van der Waals surface area contributed by atoms with Gasteiger partial charge in [0, 0.05) is 18.5 Å². The molecule has 1 aromatic rings. The number of hydrogen-bond acceptors (Lipinski definition) is 4. The number of carbonyl (C=O) groups is 1. The van der Waals surface area contributed by atoms with E-state index in [0.29, 0.717) is 18.8 Å². The first-order chi connectivity index (χ1) is 8.56. The predicted octanol–water partition coefficient (Wildman–Crippen LogP) is 1.02.